The Bertz CT molecular complexity index is 492. The van der Waals surface area contributed by atoms with E-state index in [4.69, 9.17) is 12.2 Å². The number of benzene rings is 1. The average Bonchev–Trinajstić information content (AvgIpc) is 2.43. The van der Waals surface area contributed by atoms with Gasteiger partial charge in [-0.25, -0.2) is 0 Å². The molecule has 5 heteroatoms. The summed E-state index contributed by atoms with van der Waals surface area (Å²) < 4.78 is 0. The lowest BCUT2D eigenvalue weighted by atomic mass is 10.1. The first-order chi connectivity index (χ1) is 9.19. The smallest absolute Gasteiger partial charge is 0.253 e. The van der Waals surface area contributed by atoms with Crippen molar-refractivity contribution in [2.45, 2.75) is 12.8 Å². The molecule has 1 aromatic carbocycles. The summed E-state index contributed by atoms with van der Waals surface area (Å²) >= 11 is 0. The van der Waals surface area contributed by atoms with Gasteiger partial charge in [-0.3, -0.25) is 9.59 Å². The van der Waals surface area contributed by atoms with Gasteiger partial charge in [0.05, 0.1) is 11.3 Å². The van der Waals surface area contributed by atoms with Crippen LogP contribution >= 0.6 is 0 Å². The zero-order valence-electron chi connectivity index (χ0n) is 10.6. The first-order valence-corrected chi connectivity index (χ1v) is 5.99. The minimum Gasteiger partial charge on any atom is -0.351 e. The van der Waals surface area contributed by atoms with Crippen LogP contribution in [0.4, 0.5) is 5.69 Å². The molecular formula is C14H17N3O2. The molecule has 0 saturated carbocycles. The van der Waals surface area contributed by atoms with Gasteiger partial charge in [-0.05, 0) is 12.1 Å². The summed E-state index contributed by atoms with van der Waals surface area (Å²) in [6, 6.07) is 6.79. The van der Waals surface area contributed by atoms with Gasteiger partial charge in [-0.2, -0.15) is 0 Å². The molecule has 0 aliphatic heterocycles. The minimum atomic E-state index is -0.265. The van der Waals surface area contributed by atoms with E-state index in [2.05, 4.69) is 16.6 Å². The van der Waals surface area contributed by atoms with Gasteiger partial charge in [0.1, 0.15) is 0 Å². The molecule has 0 heterocycles. The number of hydrogen-bond donors (Lipinski definition) is 3. The normalized spacial score (nSPS) is 9.47. The van der Waals surface area contributed by atoms with Crippen LogP contribution in [-0.2, 0) is 4.79 Å². The molecule has 19 heavy (non-hydrogen) atoms. The quantitative estimate of drug-likeness (QED) is 0.658. The number of terminal acetylenes is 1. The molecule has 0 aliphatic carbocycles. The third-order valence-electron chi connectivity index (χ3n) is 2.37. The Hall–Kier alpha value is -2.32. The summed E-state index contributed by atoms with van der Waals surface area (Å²) in [7, 11) is 0. The van der Waals surface area contributed by atoms with Crippen molar-refractivity contribution in [3.8, 4) is 12.3 Å². The van der Waals surface area contributed by atoms with Crippen molar-refractivity contribution in [3.05, 3.63) is 29.8 Å². The molecule has 0 radical (unpaired) electrons. The van der Waals surface area contributed by atoms with Crippen LogP contribution in [0.3, 0.4) is 0 Å². The molecule has 0 spiro atoms. The zero-order valence-corrected chi connectivity index (χ0v) is 10.6. The van der Waals surface area contributed by atoms with Gasteiger partial charge in [0.25, 0.3) is 5.91 Å². The molecule has 2 amide bonds. The Labute approximate surface area is 112 Å². The number of anilines is 1. The first-order valence-electron chi connectivity index (χ1n) is 5.99. The maximum Gasteiger partial charge on any atom is 0.253 e. The summed E-state index contributed by atoms with van der Waals surface area (Å²) in [6.07, 6.45) is 5.70. The second-order valence-corrected chi connectivity index (χ2v) is 3.84. The van der Waals surface area contributed by atoms with E-state index in [-0.39, 0.29) is 18.2 Å². The largest absolute Gasteiger partial charge is 0.351 e. The zero-order chi connectivity index (χ0) is 14.1. The van der Waals surface area contributed by atoms with E-state index in [0.29, 0.717) is 30.8 Å². The standard InChI is InChI=1S/C14H17N3O2/c1-2-3-8-13(18)17-12-7-5-4-6-11(12)14(19)16-10-9-15/h1,4-7H,3,8-10,15H2,(H,16,19)(H,17,18). The van der Waals surface area contributed by atoms with Gasteiger partial charge >= 0.3 is 0 Å². The van der Waals surface area contributed by atoms with Gasteiger partial charge in [-0.15, -0.1) is 12.3 Å². The third kappa shape index (κ3) is 4.82. The fraction of sp³-hybridized carbons (Fsp3) is 0.286. The van der Waals surface area contributed by atoms with Crippen molar-refractivity contribution in [1.82, 2.24) is 5.32 Å². The maximum absolute atomic E-state index is 11.9. The molecule has 0 bridgehead atoms. The van der Waals surface area contributed by atoms with E-state index in [1.165, 1.54) is 0 Å². The van der Waals surface area contributed by atoms with E-state index >= 15 is 0 Å². The number of amides is 2. The molecule has 0 unspecified atom stereocenters. The Morgan fingerprint density at radius 1 is 1.32 bits per heavy atom. The fourth-order valence-corrected chi connectivity index (χ4v) is 1.47. The van der Waals surface area contributed by atoms with E-state index in [1.807, 2.05) is 0 Å². The van der Waals surface area contributed by atoms with Crippen LogP contribution in [0.15, 0.2) is 24.3 Å². The number of carbonyl (C=O) groups is 2. The summed E-state index contributed by atoms with van der Waals surface area (Å²) in [6.45, 7) is 0.751. The maximum atomic E-state index is 11.9. The molecule has 0 fully saturated rings. The van der Waals surface area contributed by atoms with Crippen molar-refractivity contribution in [2.24, 2.45) is 5.73 Å². The molecule has 0 saturated heterocycles. The highest BCUT2D eigenvalue weighted by atomic mass is 16.2. The van der Waals surface area contributed by atoms with E-state index in [0.717, 1.165) is 0 Å². The number of nitrogens with one attached hydrogen (secondary N) is 2. The number of carbonyl (C=O) groups excluding carboxylic acids is 2. The Balaban J connectivity index is 2.75. The lowest BCUT2D eigenvalue weighted by Gasteiger charge is -2.10. The first kappa shape index (κ1) is 14.7. The lowest BCUT2D eigenvalue weighted by Crippen LogP contribution is -2.29. The van der Waals surface area contributed by atoms with Crippen LogP contribution in [0, 0.1) is 12.3 Å². The molecule has 5 nitrogen and oxygen atoms in total. The molecular weight excluding hydrogens is 242 g/mol. The summed E-state index contributed by atoms with van der Waals surface area (Å²) in [5.41, 5.74) is 6.20. The molecule has 1 rings (SSSR count). The summed E-state index contributed by atoms with van der Waals surface area (Å²) in [4.78, 5) is 23.5. The molecule has 0 aromatic heterocycles. The monoisotopic (exact) mass is 259 g/mol. The van der Waals surface area contributed by atoms with Gasteiger partial charge in [0.15, 0.2) is 0 Å². The number of nitrogens with two attached hydrogens (primary N) is 1. The highest BCUT2D eigenvalue weighted by molar-refractivity contribution is 6.03. The van der Waals surface area contributed by atoms with Crippen LogP contribution in [0.2, 0.25) is 0 Å². The highest BCUT2D eigenvalue weighted by Gasteiger charge is 2.11. The fourth-order valence-electron chi connectivity index (χ4n) is 1.47. The van der Waals surface area contributed by atoms with Gasteiger partial charge < -0.3 is 16.4 Å². The number of rotatable bonds is 6. The molecule has 4 N–H and O–H groups in total. The second-order valence-electron chi connectivity index (χ2n) is 3.84. The lowest BCUT2D eigenvalue weighted by molar-refractivity contribution is -0.116. The number of hydrogen-bond acceptors (Lipinski definition) is 3. The highest BCUT2D eigenvalue weighted by Crippen LogP contribution is 2.15. The predicted octanol–water partition coefficient (Wildman–Crippen LogP) is 0.727. The van der Waals surface area contributed by atoms with Crippen LogP contribution in [0.5, 0.6) is 0 Å². The SMILES string of the molecule is C#CCCC(=O)Nc1ccccc1C(=O)NCCN. The minimum absolute atomic E-state index is 0.211. The topological polar surface area (TPSA) is 84.2 Å². The molecule has 1 aromatic rings. The van der Waals surface area contributed by atoms with Crippen molar-refractivity contribution < 1.29 is 9.59 Å². The summed E-state index contributed by atoms with van der Waals surface area (Å²) in [5.74, 6) is 1.92. The van der Waals surface area contributed by atoms with Crippen molar-refractivity contribution in [3.63, 3.8) is 0 Å². The molecule has 0 atom stereocenters. The van der Waals surface area contributed by atoms with Crippen molar-refractivity contribution >= 4 is 17.5 Å². The predicted molar refractivity (Wildman–Crippen MR) is 74.5 cm³/mol. The average molecular weight is 259 g/mol. The van der Waals surface area contributed by atoms with Crippen LogP contribution < -0.4 is 16.4 Å². The van der Waals surface area contributed by atoms with E-state index in [1.54, 1.807) is 24.3 Å². The van der Waals surface area contributed by atoms with Crippen molar-refractivity contribution in [2.75, 3.05) is 18.4 Å². The molecule has 0 aliphatic rings. The van der Waals surface area contributed by atoms with Crippen LogP contribution in [-0.4, -0.2) is 24.9 Å². The van der Waals surface area contributed by atoms with Gasteiger partial charge in [-0.1, -0.05) is 12.1 Å². The molecule has 100 valence electrons. The van der Waals surface area contributed by atoms with Crippen LogP contribution in [0.25, 0.3) is 0 Å². The van der Waals surface area contributed by atoms with Gasteiger partial charge in [0, 0.05) is 25.9 Å². The van der Waals surface area contributed by atoms with E-state index < -0.39 is 0 Å². The third-order valence-corrected chi connectivity index (χ3v) is 2.37. The van der Waals surface area contributed by atoms with Crippen LogP contribution in [0.1, 0.15) is 23.2 Å². The second kappa shape index (κ2) is 7.90. The summed E-state index contributed by atoms with van der Waals surface area (Å²) in [5, 5.41) is 5.33. The Morgan fingerprint density at radius 3 is 2.74 bits per heavy atom. The number of para-hydroxylation sites is 1. The van der Waals surface area contributed by atoms with E-state index in [9.17, 15) is 9.59 Å². The Kier molecular flexibility index (Phi) is 6.13. The Morgan fingerprint density at radius 2 is 2.05 bits per heavy atom. The van der Waals surface area contributed by atoms with Crippen molar-refractivity contribution in [1.29, 1.82) is 0 Å². The van der Waals surface area contributed by atoms with Gasteiger partial charge in [0.2, 0.25) is 5.91 Å².